The van der Waals surface area contributed by atoms with Gasteiger partial charge in [0.05, 0.1) is 0 Å². The van der Waals surface area contributed by atoms with E-state index in [2.05, 4.69) is 5.32 Å². The molecule has 5 nitrogen and oxygen atoms in total. The van der Waals surface area contributed by atoms with Gasteiger partial charge in [-0.25, -0.2) is 0 Å². The summed E-state index contributed by atoms with van der Waals surface area (Å²) in [6.45, 7) is 1.53. The number of benzene rings is 1. The second-order valence-electron chi connectivity index (χ2n) is 6.64. The molecule has 5 heteroatoms. The Kier molecular flexibility index (Phi) is 4.66. The zero-order chi connectivity index (χ0) is 16.4. The van der Waals surface area contributed by atoms with Crippen molar-refractivity contribution in [2.75, 3.05) is 13.7 Å². The topological polar surface area (TPSA) is 58.6 Å². The minimum atomic E-state index is -0.0101. The van der Waals surface area contributed by atoms with Gasteiger partial charge in [0.15, 0.2) is 12.4 Å². The van der Waals surface area contributed by atoms with Gasteiger partial charge in [-0.1, -0.05) is 12.1 Å². The van der Waals surface area contributed by atoms with Crippen molar-refractivity contribution in [3.63, 3.8) is 0 Å². The normalized spacial score (nSPS) is 25.9. The molecule has 2 aliphatic rings. The van der Waals surface area contributed by atoms with Gasteiger partial charge >= 0.3 is 0 Å². The summed E-state index contributed by atoms with van der Waals surface area (Å²) < 4.78 is 5.58. The number of ketones is 1. The van der Waals surface area contributed by atoms with Gasteiger partial charge in [0.1, 0.15) is 5.75 Å². The first kappa shape index (κ1) is 16.0. The van der Waals surface area contributed by atoms with E-state index in [1.165, 1.54) is 19.8 Å². The summed E-state index contributed by atoms with van der Waals surface area (Å²) in [6, 6.07) is 8.38. The van der Waals surface area contributed by atoms with Crippen LogP contribution < -0.4 is 10.1 Å². The van der Waals surface area contributed by atoms with Gasteiger partial charge in [0.2, 0.25) is 0 Å². The smallest absolute Gasteiger partial charge is 0.260 e. The van der Waals surface area contributed by atoms with E-state index in [1.54, 1.807) is 24.3 Å². The van der Waals surface area contributed by atoms with Gasteiger partial charge in [-0.2, -0.15) is 0 Å². The third-order valence-corrected chi connectivity index (χ3v) is 4.99. The number of amides is 1. The molecule has 2 heterocycles. The molecule has 3 rings (SSSR count). The Balaban J connectivity index is 1.54. The van der Waals surface area contributed by atoms with Crippen LogP contribution in [0.3, 0.4) is 0 Å². The number of carbonyl (C=O) groups excluding carboxylic acids is 2. The van der Waals surface area contributed by atoms with Crippen LogP contribution in [0.4, 0.5) is 0 Å². The van der Waals surface area contributed by atoms with E-state index < -0.39 is 0 Å². The number of likely N-dealkylation sites (N-methyl/N-ethyl adjacent to an activating group) is 1. The lowest BCUT2D eigenvalue weighted by Gasteiger charge is -2.35. The van der Waals surface area contributed by atoms with Gasteiger partial charge < -0.3 is 15.0 Å². The predicted octanol–water partition coefficient (Wildman–Crippen LogP) is 2.01. The minimum absolute atomic E-state index is 0.00970. The Morgan fingerprint density at radius 2 is 1.96 bits per heavy atom. The van der Waals surface area contributed by atoms with Crippen LogP contribution in [0, 0.1) is 0 Å². The Labute approximate surface area is 137 Å². The van der Waals surface area contributed by atoms with Crippen molar-refractivity contribution in [3.05, 3.63) is 29.8 Å². The number of hydrogen-bond acceptors (Lipinski definition) is 4. The first-order chi connectivity index (χ1) is 11.0. The van der Waals surface area contributed by atoms with Crippen molar-refractivity contribution >= 4 is 11.7 Å². The molecule has 2 aliphatic heterocycles. The maximum atomic E-state index is 12.4. The zero-order valence-electron chi connectivity index (χ0n) is 13.7. The number of rotatable bonds is 5. The summed E-state index contributed by atoms with van der Waals surface area (Å²) in [7, 11) is 1.87. The van der Waals surface area contributed by atoms with Crippen molar-refractivity contribution in [2.24, 2.45) is 0 Å². The number of ether oxygens (including phenoxy) is 1. The first-order valence-corrected chi connectivity index (χ1v) is 8.28. The number of Topliss-reactive ketones (excluding diaryl/α,β-unsaturated/α-hetero) is 1. The monoisotopic (exact) mass is 316 g/mol. The van der Waals surface area contributed by atoms with Gasteiger partial charge in [-0.15, -0.1) is 0 Å². The number of nitrogens with one attached hydrogen (secondary N) is 1. The van der Waals surface area contributed by atoms with E-state index in [9.17, 15) is 9.59 Å². The van der Waals surface area contributed by atoms with Gasteiger partial charge in [0, 0.05) is 30.7 Å². The van der Waals surface area contributed by atoms with Crippen molar-refractivity contribution in [1.82, 2.24) is 10.2 Å². The highest BCUT2D eigenvalue weighted by Gasteiger charge is 2.36. The second kappa shape index (κ2) is 6.71. The van der Waals surface area contributed by atoms with E-state index in [0.29, 0.717) is 29.4 Å². The molecular formula is C18H24N2O3. The van der Waals surface area contributed by atoms with Crippen molar-refractivity contribution in [1.29, 1.82) is 0 Å². The lowest BCUT2D eigenvalue weighted by molar-refractivity contribution is -0.134. The van der Waals surface area contributed by atoms with Gasteiger partial charge in [0.25, 0.3) is 5.91 Å². The molecule has 2 unspecified atom stereocenters. The molecule has 0 spiro atoms. The standard InChI is InChI=1S/C18H24N2O3/c1-12(21)13-4-3-5-17(8-13)23-11-18(22)20(2)16-9-14-6-7-15(10-16)19-14/h3-5,8,14-16,19H,6-7,9-11H2,1-2H3. The molecule has 2 atom stereocenters. The summed E-state index contributed by atoms with van der Waals surface area (Å²) >= 11 is 0. The summed E-state index contributed by atoms with van der Waals surface area (Å²) in [5, 5.41) is 3.59. The number of fused-ring (bicyclic) bond motifs is 2. The van der Waals surface area contributed by atoms with Crippen molar-refractivity contribution in [3.8, 4) is 5.75 Å². The van der Waals surface area contributed by atoms with Gasteiger partial charge in [-0.05, 0) is 44.7 Å². The quantitative estimate of drug-likeness (QED) is 0.844. The highest BCUT2D eigenvalue weighted by atomic mass is 16.5. The van der Waals surface area contributed by atoms with Crippen LogP contribution in [-0.2, 0) is 4.79 Å². The average Bonchev–Trinajstić information content (AvgIpc) is 2.90. The van der Waals surface area contributed by atoms with Gasteiger partial charge in [-0.3, -0.25) is 9.59 Å². The Bertz CT molecular complexity index is 590. The fourth-order valence-corrected chi connectivity index (χ4v) is 3.60. The molecule has 1 aromatic carbocycles. The van der Waals surface area contributed by atoms with E-state index in [1.807, 2.05) is 11.9 Å². The van der Waals surface area contributed by atoms with Crippen LogP contribution in [0.5, 0.6) is 5.75 Å². The molecule has 124 valence electrons. The highest BCUT2D eigenvalue weighted by Crippen LogP contribution is 2.29. The van der Waals surface area contributed by atoms with Crippen LogP contribution >= 0.6 is 0 Å². The molecular weight excluding hydrogens is 292 g/mol. The molecule has 0 aromatic heterocycles. The lowest BCUT2D eigenvalue weighted by Crippen LogP contribution is -2.49. The van der Waals surface area contributed by atoms with Crippen molar-refractivity contribution < 1.29 is 14.3 Å². The predicted molar refractivity (Wildman–Crippen MR) is 87.7 cm³/mol. The fraction of sp³-hybridized carbons (Fsp3) is 0.556. The molecule has 1 amide bonds. The third kappa shape index (κ3) is 3.72. The molecule has 1 N–H and O–H groups in total. The van der Waals surface area contributed by atoms with E-state index in [-0.39, 0.29) is 18.3 Å². The SMILES string of the molecule is CC(=O)c1cccc(OCC(=O)N(C)C2CC3CCC(C2)N3)c1. The summed E-state index contributed by atoms with van der Waals surface area (Å²) in [6.07, 6.45) is 4.49. The molecule has 2 saturated heterocycles. The summed E-state index contributed by atoms with van der Waals surface area (Å²) in [4.78, 5) is 25.6. The van der Waals surface area contributed by atoms with E-state index in [4.69, 9.17) is 4.74 Å². The zero-order valence-corrected chi connectivity index (χ0v) is 13.7. The van der Waals surface area contributed by atoms with Crippen molar-refractivity contribution in [2.45, 2.75) is 50.7 Å². The van der Waals surface area contributed by atoms with E-state index >= 15 is 0 Å². The second-order valence-corrected chi connectivity index (χ2v) is 6.64. The third-order valence-electron chi connectivity index (χ3n) is 4.99. The Hall–Kier alpha value is -1.88. The molecule has 23 heavy (non-hydrogen) atoms. The molecule has 0 aliphatic carbocycles. The van der Waals surface area contributed by atoms with Crippen LogP contribution in [0.1, 0.15) is 43.0 Å². The Morgan fingerprint density at radius 3 is 2.61 bits per heavy atom. The summed E-state index contributed by atoms with van der Waals surface area (Å²) in [5.74, 6) is 0.540. The largest absolute Gasteiger partial charge is 0.484 e. The molecule has 0 saturated carbocycles. The fourth-order valence-electron chi connectivity index (χ4n) is 3.60. The molecule has 0 radical (unpaired) electrons. The van der Waals surface area contributed by atoms with E-state index in [0.717, 1.165) is 12.8 Å². The van der Waals surface area contributed by atoms with Crippen LogP contribution in [0.2, 0.25) is 0 Å². The lowest BCUT2D eigenvalue weighted by atomic mass is 9.98. The van der Waals surface area contributed by atoms with Crippen LogP contribution in [0.25, 0.3) is 0 Å². The maximum absolute atomic E-state index is 12.4. The molecule has 2 bridgehead atoms. The maximum Gasteiger partial charge on any atom is 0.260 e. The van der Waals surface area contributed by atoms with Crippen LogP contribution in [-0.4, -0.2) is 48.4 Å². The summed E-state index contributed by atoms with van der Waals surface area (Å²) in [5.41, 5.74) is 0.596. The number of hydrogen-bond donors (Lipinski definition) is 1. The number of nitrogens with zero attached hydrogens (tertiary/aromatic N) is 1. The average molecular weight is 316 g/mol. The first-order valence-electron chi connectivity index (χ1n) is 8.28. The minimum Gasteiger partial charge on any atom is -0.484 e. The molecule has 1 aromatic rings. The highest BCUT2D eigenvalue weighted by molar-refractivity contribution is 5.94. The Morgan fingerprint density at radius 1 is 1.26 bits per heavy atom. The number of piperidine rings is 1. The number of carbonyl (C=O) groups is 2. The van der Waals surface area contributed by atoms with Crippen LogP contribution in [0.15, 0.2) is 24.3 Å². The molecule has 2 fully saturated rings.